The highest BCUT2D eigenvalue weighted by Crippen LogP contribution is 2.15. The zero-order valence-corrected chi connectivity index (χ0v) is 13.9. The molecule has 128 valence electrons. The molecular weight excluding hydrogens is 323 g/mol. The summed E-state index contributed by atoms with van der Waals surface area (Å²) in [4.78, 5) is 36.3. The Morgan fingerprint density at radius 2 is 1.84 bits per heavy atom. The van der Waals surface area contributed by atoms with E-state index in [1.54, 1.807) is 13.8 Å². The molecule has 0 aliphatic heterocycles. The van der Waals surface area contributed by atoms with Crippen LogP contribution in [-0.2, 0) is 6.54 Å². The van der Waals surface area contributed by atoms with Gasteiger partial charge in [-0.25, -0.2) is 4.39 Å². The van der Waals surface area contributed by atoms with Gasteiger partial charge in [-0.2, -0.15) is 0 Å². The minimum Gasteiger partial charge on any atom is -0.341 e. The number of benzene rings is 1. The van der Waals surface area contributed by atoms with Crippen molar-refractivity contribution in [2.45, 2.75) is 20.4 Å². The summed E-state index contributed by atoms with van der Waals surface area (Å²) < 4.78 is 14.8. The SMILES string of the molecule is C#CCNC(=O)c1ccc(=O)n(CC(=O)c2cc(C)c(F)c(C)c2)c1. The smallest absolute Gasteiger partial charge is 0.253 e. The number of aromatic nitrogens is 1. The Hall–Kier alpha value is -3.20. The van der Waals surface area contributed by atoms with E-state index in [1.165, 1.54) is 30.5 Å². The Labute approximate surface area is 144 Å². The van der Waals surface area contributed by atoms with E-state index in [4.69, 9.17) is 6.42 Å². The number of nitrogens with one attached hydrogen (secondary N) is 1. The second-order valence-electron chi connectivity index (χ2n) is 5.62. The summed E-state index contributed by atoms with van der Waals surface area (Å²) in [5, 5.41) is 2.48. The molecule has 1 N–H and O–H groups in total. The van der Waals surface area contributed by atoms with Crippen LogP contribution in [0.25, 0.3) is 0 Å². The van der Waals surface area contributed by atoms with Crippen molar-refractivity contribution in [3.8, 4) is 12.3 Å². The standard InChI is InChI=1S/C19H17FN2O3/c1-4-7-21-19(25)14-5-6-17(24)22(10-14)11-16(23)15-8-12(2)18(20)13(3)9-15/h1,5-6,8-10H,7,11H2,2-3H3,(H,21,25). The van der Waals surface area contributed by atoms with E-state index >= 15 is 0 Å². The Bertz CT molecular complexity index is 915. The van der Waals surface area contributed by atoms with Gasteiger partial charge in [-0.3, -0.25) is 14.4 Å². The number of hydrogen-bond donors (Lipinski definition) is 1. The molecule has 2 aromatic rings. The molecule has 1 amide bonds. The Morgan fingerprint density at radius 1 is 1.20 bits per heavy atom. The van der Waals surface area contributed by atoms with Crippen molar-refractivity contribution in [2.75, 3.05) is 6.54 Å². The second-order valence-corrected chi connectivity index (χ2v) is 5.62. The van der Waals surface area contributed by atoms with Gasteiger partial charge in [0.1, 0.15) is 5.82 Å². The lowest BCUT2D eigenvalue weighted by Gasteiger charge is -2.09. The lowest BCUT2D eigenvalue weighted by atomic mass is 10.0. The third kappa shape index (κ3) is 4.21. The molecule has 25 heavy (non-hydrogen) atoms. The monoisotopic (exact) mass is 340 g/mol. The maximum Gasteiger partial charge on any atom is 0.253 e. The number of Topliss-reactive ketones (excluding diaryl/α,β-unsaturated/α-hetero) is 1. The molecule has 0 unspecified atom stereocenters. The molecule has 0 saturated carbocycles. The minimum atomic E-state index is -0.437. The Kier molecular flexibility index (Phi) is 5.50. The predicted molar refractivity (Wildman–Crippen MR) is 92.1 cm³/mol. The molecule has 5 nitrogen and oxygen atoms in total. The van der Waals surface area contributed by atoms with Crippen molar-refractivity contribution in [3.63, 3.8) is 0 Å². The summed E-state index contributed by atoms with van der Waals surface area (Å²) in [6, 6.07) is 5.46. The summed E-state index contributed by atoms with van der Waals surface area (Å²) in [6.07, 6.45) is 6.38. The van der Waals surface area contributed by atoms with Crippen LogP contribution in [0.3, 0.4) is 0 Å². The van der Waals surface area contributed by atoms with Crippen molar-refractivity contribution < 1.29 is 14.0 Å². The van der Waals surface area contributed by atoms with E-state index in [2.05, 4.69) is 11.2 Å². The highest BCUT2D eigenvalue weighted by atomic mass is 19.1. The quantitative estimate of drug-likeness (QED) is 0.667. The Balaban J connectivity index is 2.28. The van der Waals surface area contributed by atoms with Gasteiger partial charge in [0, 0.05) is 17.8 Å². The molecule has 0 radical (unpaired) electrons. The predicted octanol–water partition coefficient (Wildman–Crippen LogP) is 1.85. The summed E-state index contributed by atoms with van der Waals surface area (Å²) in [7, 11) is 0. The first-order valence-electron chi connectivity index (χ1n) is 7.55. The number of pyridine rings is 1. The first-order chi connectivity index (χ1) is 11.8. The number of nitrogens with zero attached hydrogens (tertiary/aromatic N) is 1. The number of terminal acetylenes is 1. The number of halogens is 1. The number of aryl methyl sites for hydroxylation is 2. The van der Waals surface area contributed by atoms with Gasteiger partial charge < -0.3 is 9.88 Å². The lowest BCUT2D eigenvalue weighted by molar-refractivity contribution is 0.0947. The average molecular weight is 340 g/mol. The Morgan fingerprint density at radius 3 is 2.44 bits per heavy atom. The molecule has 0 bridgehead atoms. The van der Waals surface area contributed by atoms with Gasteiger partial charge in [0.15, 0.2) is 5.78 Å². The highest BCUT2D eigenvalue weighted by Gasteiger charge is 2.13. The van der Waals surface area contributed by atoms with Gasteiger partial charge in [-0.15, -0.1) is 6.42 Å². The molecule has 0 spiro atoms. The number of carbonyl (C=O) groups excluding carboxylic acids is 2. The molecule has 6 heteroatoms. The van der Waals surface area contributed by atoms with Crippen LogP contribution in [0, 0.1) is 32.0 Å². The number of ketones is 1. The molecular formula is C19H17FN2O3. The number of rotatable bonds is 5. The van der Waals surface area contributed by atoms with Crippen molar-refractivity contribution >= 4 is 11.7 Å². The maximum absolute atomic E-state index is 13.7. The van der Waals surface area contributed by atoms with Crippen molar-refractivity contribution in [3.05, 3.63) is 68.9 Å². The van der Waals surface area contributed by atoms with Crippen LogP contribution in [-0.4, -0.2) is 22.8 Å². The van der Waals surface area contributed by atoms with E-state index in [-0.39, 0.29) is 30.3 Å². The maximum atomic E-state index is 13.7. The minimum absolute atomic E-state index is 0.0605. The molecule has 0 saturated heterocycles. The van der Waals surface area contributed by atoms with Crippen LogP contribution in [0.4, 0.5) is 4.39 Å². The fourth-order valence-corrected chi connectivity index (χ4v) is 2.38. The van der Waals surface area contributed by atoms with E-state index < -0.39 is 11.5 Å². The molecule has 1 aromatic heterocycles. The second kappa shape index (κ2) is 7.58. The first-order valence-corrected chi connectivity index (χ1v) is 7.55. The zero-order valence-electron chi connectivity index (χ0n) is 13.9. The zero-order chi connectivity index (χ0) is 18.6. The molecule has 1 aromatic carbocycles. The fraction of sp³-hybridized carbons (Fsp3) is 0.211. The topological polar surface area (TPSA) is 68.2 Å². The van der Waals surface area contributed by atoms with Crippen LogP contribution < -0.4 is 10.9 Å². The van der Waals surface area contributed by atoms with Gasteiger partial charge in [-0.1, -0.05) is 5.92 Å². The van der Waals surface area contributed by atoms with Crippen LogP contribution >= 0.6 is 0 Å². The van der Waals surface area contributed by atoms with Crippen LogP contribution in [0.5, 0.6) is 0 Å². The largest absolute Gasteiger partial charge is 0.341 e. The summed E-state index contributed by atoms with van der Waals surface area (Å²) in [6.45, 7) is 2.95. The van der Waals surface area contributed by atoms with Crippen molar-refractivity contribution in [1.82, 2.24) is 9.88 Å². The van der Waals surface area contributed by atoms with Gasteiger partial charge >= 0.3 is 0 Å². The van der Waals surface area contributed by atoms with Gasteiger partial charge in [0.05, 0.1) is 18.7 Å². The summed E-state index contributed by atoms with van der Waals surface area (Å²) in [5.41, 5.74) is 0.827. The average Bonchev–Trinajstić information content (AvgIpc) is 2.58. The molecule has 0 aliphatic rings. The van der Waals surface area contributed by atoms with Crippen molar-refractivity contribution in [1.29, 1.82) is 0 Å². The van der Waals surface area contributed by atoms with Crippen LogP contribution in [0.2, 0.25) is 0 Å². The molecule has 1 heterocycles. The third-order valence-electron chi connectivity index (χ3n) is 3.67. The van der Waals surface area contributed by atoms with Gasteiger partial charge in [0.25, 0.3) is 11.5 Å². The number of carbonyl (C=O) groups is 2. The van der Waals surface area contributed by atoms with Crippen LogP contribution in [0.15, 0.2) is 35.3 Å². The van der Waals surface area contributed by atoms with Crippen LogP contribution in [0.1, 0.15) is 31.8 Å². The lowest BCUT2D eigenvalue weighted by Crippen LogP contribution is -2.28. The summed E-state index contributed by atoms with van der Waals surface area (Å²) in [5.74, 6) is 1.13. The van der Waals surface area contributed by atoms with E-state index in [1.807, 2.05) is 0 Å². The number of hydrogen-bond acceptors (Lipinski definition) is 3. The molecule has 0 fully saturated rings. The normalized spacial score (nSPS) is 10.2. The fourth-order valence-electron chi connectivity index (χ4n) is 2.38. The highest BCUT2D eigenvalue weighted by molar-refractivity contribution is 5.97. The van der Waals surface area contributed by atoms with E-state index in [9.17, 15) is 18.8 Å². The van der Waals surface area contributed by atoms with E-state index in [0.717, 1.165) is 4.57 Å². The third-order valence-corrected chi connectivity index (χ3v) is 3.67. The van der Waals surface area contributed by atoms with Gasteiger partial charge in [0.2, 0.25) is 0 Å². The molecule has 0 atom stereocenters. The van der Waals surface area contributed by atoms with Crippen molar-refractivity contribution in [2.24, 2.45) is 0 Å². The first kappa shape index (κ1) is 18.1. The molecule has 0 aliphatic carbocycles. The molecule has 2 rings (SSSR count). The summed E-state index contributed by atoms with van der Waals surface area (Å²) >= 11 is 0. The van der Waals surface area contributed by atoms with E-state index in [0.29, 0.717) is 16.7 Å². The number of amides is 1. The van der Waals surface area contributed by atoms with Gasteiger partial charge in [-0.05, 0) is 43.2 Å².